The minimum atomic E-state index is -0.388. The van der Waals surface area contributed by atoms with Crippen LogP contribution in [-0.2, 0) is 6.54 Å². The van der Waals surface area contributed by atoms with Crippen molar-refractivity contribution in [3.05, 3.63) is 57.3 Å². The van der Waals surface area contributed by atoms with E-state index in [4.69, 9.17) is 16.3 Å². The molecule has 0 atom stereocenters. The lowest BCUT2D eigenvalue weighted by atomic mass is 10.2. The Bertz CT molecular complexity index is 592. The van der Waals surface area contributed by atoms with Crippen molar-refractivity contribution in [1.29, 1.82) is 0 Å². The molecule has 0 amide bonds. The zero-order valence-corrected chi connectivity index (χ0v) is 12.6. The molecule has 2 aromatic rings. The lowest BCUT2D eigenvalue weighted by Crippen LogP contribution is -2.04. The average Bonchev–Trinajstić information content (AvgIpc) is 2.36. The molecule has 0 fully saturated rings. The molecular weight excluding hydrogens is 333 g/mol. The van der Waals surface area contributed by atoms with Gasteiger partial charge in [-0.05, 0) is 58.9 Å². The molecular formula is C14H12BrClFNO. The van der Waals surface area contributed by atoms with Crippen LogP contribution < -0.4 is 10.1 Å². The van der Waals surface area contributed by atoms with Crippen LogP contribution in [0, 0.1) is 5.82 Å². The lowest BCUT2D eigenvalue weighted by molar-refractivity contribution is 0.477. The van der Waals surface area contributed by atoms with E-state index in [2.05, 4.69) is 21.2 Å². The highest BCUT2D eigenvalue weighted by atomic mass is 79.9. The molecule has 0 saturated heterocycles. The predicted molar refractivity (Wildman–Crippen MR) is 78.4 cm³/mol. The molecule has 0 bridgehead atoms. The Kier molecular flexibility index (Phi) is 4.80. The van der Waals surface area contributed by atoms with Gasteiger partial charge in [-0.1, -0.05) is 17.7 Å². The molecule has 0 unspecified atom stereocenters. The number of benzene rings is 2. The molecule has 5 heteroatoms. The minimum Gasteiger partial charge on any atom is -0.455 e. The van der Waals surface area contributed by atoms with Crippen molar-refractivity contribution in [3.63, 3.8) is 0 Å². The Morgan fingerprint density at radius 2 is 1.95 bits per heavy atom. The topological polar surface area (TPSA) is 21.3 Å². The highest BCUT2D eigenvalue weighted by molar-refractivity contribution is 9.10. The van der Waals surface area contributed by atoms with E-state index in [0.717, 1.165) is 16.6 Å². The van der Waals surface area contributed by atoms with Gasteiger partial charge in [0, 0.05) is 6.54 Å². The van der Waals surface area contributed by atoms with Gasteiger partial charge < -0.3 is 10.1 Å². The van der Waals surface area contributed by atoms with Gasteiger partial charge in [-0.25, -0.2) is 4.39 Å². The van der Waals surface area contributed by atoms with E-state index in [9.17, 15) is 4.39 Å². The Labute approximate surface area is 124 Å². The summed E-state index contributed by atoms with van der Waals surface area (Å²) < 4.78 is 19.4. The molecule has 0 radical (unpaired) electrons. The average molecular weight is 345 g/mol. The van der Waals surface area contributed by atoms with Gasteiger partial charge in [-0.3, -0.25) is 0 Å². The van der Waals surface area contributed by atoms with Crippen LogP contribution in [0.15, 0.2) is 40.9 Å². The summed E-state index contributed by atoms with van der Waals surface area (Å²) in [6.45, 7) is 0.774. The normalized spacial score (nSPS) is 10.5. The van der Waals surface area contributed by atoms with Crippen LogP contribution in [0.25, 0.3) is 0 Å². The first-order valence-electron chi connectivity index (χ1n) is 5.66. The fraction of sp³-hybridized carbons (Fsp3) is 0.143. The van der Waals surface area contributed by atoms with Crippen LogP contribution in [0.3, 0.4) is 0 Å². The summed E-state index contributed by atoms with van der Waals surface area (Å²) in [5.74, 6) is 0.666. The molecule has 2 aromatic carbocycles. The smallest absolute Gasteiger partial charge is 0.146 e. The van der Waals surface area contributed by atoms with Crippen LogP contribution in [0.2, 0.25) is 5.02 Å². The fourth-order valence-electron chi connectivity index (χ4n) is 1.62. The van der Waals surface area contributed by atoms with Crippen molar-refractivity contribution in [3.8, 4) is 11.5 Å². The molecule has 2 nitrogen and oxygen atoms in total. The van der Waals surface area contributed by atoms with E-state index in [0.29, 0.717) is 11.5 Å². The zero-order valence-electron chi connectivity index (χ0n) is 10.2. The molecule has 2 rings (SSSR count). The van der Waals surface area contributed by atoms with E-state index in [1.807, 2.05) is 25.2 Å². The van der Waals surface area contributed by atoms with Crippen molar-refractivity contribution in [2.24, 2.45) is 0 Å². The second-order valence-electron chi connectivity index (χ2n) is 3.97. The number of rotatable bonds is 4. The summed E-state index contributed by atoms with van der Waals surface area (Å²) in [5, 5.41) is 3.31. The minimum absolute atomic E-state index is 0.242. The van der Waals surface area contributed by atoms with Gasteiger partial charge in [0.05, 0.1) is 9.50 Å². The predicted octanol–water partition coefficient (Wildman–Crippen LogP) is 4.75. The Balaban J connectivity index is 2.23. The SMILES string of the molecule is CNCc1ccc(Oc2ccc(F)cc2Cl)c(Br)c1. The molecule has 0 aliphatic carbocycles. The Morgan fingerprint density at radius 1 is 1.21 bits per heavy atom. The van der Waals surface area contributed by atoms with Gasteiger partial charge >= 0.3 is 0 Å². The van der Waals surface area contributed by atoms with Crippen LogP contribution in [0.1, 0.15) is 5.56 Å². The number of hydrogen-bond donors (Lipinski definition) is 1. The summed E-state index contributed by atoms with van der Waals surface area (Å²) in [7, 11) is 1.89. The number of ether oxygens (including phenoxy) is 1. The largest absolute Gasteiger partial charge is 0.455 e. The summed E-state index contributed by atoms with van der Waals surface area (Å²) in [6, 6.07) is 9.80. The van der Waals surface area contributed by atoms with Gasteiger partial charge in [0.1, 0.15) is 17.3 Å². The Hall–Kier alpha value is -1.10. The fourth-order valence-corrected chi connectivity index (χ4v) is 2.33. The molecule has 100 valence electrons. The maximum absolute atomic E-state index is 12.9. The van der Waals surface area contributed by atoms with Crippen molar-refractivity contribution in [2.75, 3.05) is 7.05 Å². The van der Waals surface area contributed by atoms with Crippen LogP contribution in [-0.4, -0.2) is 7.05 Å². The lowest BCUT2D eigenvalue weighted by Gasteiger charge is -2.10. The monoisotopic (exact) mass is 343 g/mol. The Morgan fingerprint density at radius 3 is 2.58 bits per heavy atom. The first kappa shape index (κ1) is 14.3. The maximum Gasteiger partial charge on any atom is 0.146 e. The van der Waals surface area contributed by atoms with Gasteiger partial charge in [-0.2, -0.15) is 0 Å². The third-order valence-corrected chi connectivity index (χ3v) is 3.41. The standard InChI is InChI=1S/C14H12BrClFNO/c1-18-8-9-2-4-13(11(15)6-9)19-14-5-3-10(17)7-12(14)16/h2-7,18H,8H2,1H3. The second-order valence-corrected chi connectivity index (χ2v) is 5.23. The van der Waals surface area contributed by atoms with E-state index in [1.54, 1.807) is 0 Å². The van der Waals surface area contributed by atoms with Crippen LogP contribution in [0.4, 0.5) is 4.39 Å². The second kappa shape index (κ2) is 6.37. The van der Waals surface area contributed by atoms with E-state index in [1.165, 1.54) is 18.2 Å². The molecule has 1 N–H and O–H groups in total. The summed E-state index contributed by atoms with van der Waals surface area (Å²) in [6.07, 6.45) is 0. The van der Waals surface area contributed by atoms with Crippen LogP contribution >= 0.6 is 27.5 Å². The van der Waals surface area contributed by atoms with Gasteiger partial charge in [0.2, 0.25) is 0 Å². The molecule has 19 heavy (non-hydrogen) atoms. The van der Waals surface area contributed by atoms with Crippen molar-refractivity contribution in [2.45, 2.75) is 6.54 Å². The molecule has 0 saturated carbocycles. The summed E-state index contributed by atoms with van der Waals surface area (Å²) in [4.78, 5) is 0. The number of hydrogen-bond acceptors (Lipinski definition) is 2. The summed E-state index contributed by atoms with van der Waals surface area (Å²) >= 11 is 9.37. The number of halogens is 3. The highest BCUT2D eigenvalue weighted by Crippen LogP contribution is 2.34. The molecule has 0 aliphatic rings. The van der Waals surface area contributed by atoms with Crippen molar-refractivity contribution < 1.29 is 9.13 Å². The third kappa shape index (κ3) is 3.69. The number of nitrogens with one attached hydrogen (secondary N) is 1. The van der Waals surface area contributed by atoms with Gasteiger partial charge in [-0.15, -0.1) is 0 Å². The van der Waals surface area contributed by atoms with E-state index >= 15 is 0 Å². The van der Waals surface area contributed by atoms with E-state index in [-0.39, 0.29) is 10.8 Å². The van der Waals surface area contributed by atoms with Crippen LogP contribution in [0.5, 0.6) is 11.5 Å². The first-order valence-corrected chi connectivity index (χ1v) is 6.83. The van der Waals surface area contributed by atoms with E-state index < -0.39 is 0 Å². The molecule has 0 aliphatic heterocycles. The van der Waals surface area contributed by atoms with Crippen molar-refractivity contribution in [1.82, 2.24) is 5.32 Å². The zero-order chi connectivity index (χ0) is 13.8. The first-order chi connectivity index (χ1) is 9.10. The van der Waals surface area contributed by atoms with Gasteiger partial charge in [0.25, 0.3) is 0 Å². The molecule has 0 heterocycles. The third-order valence-electron chi connectivity index (χ3n) is 2.49. The molecule has 0 spiro atoms. The highest BCUT2D eigenvalue weighted by Gasteiger charge is 2.08. The molecule has 0 aromatic heterocycles. The van der Waals surface area contributed by atoms with Crippen molar-refractivity contribution >= 4 is 27.5 Å². The van der Waals surface area contributed by atoms with Gasteiger partial charge in [0.15, 0.2) is 0 Å². The summed E-state index contributed by atoms with van der Waals surface area (Å²) in [5.41, 5.74) is 1.13. The quantitative estimate of drug-likeness (QED) is 0.864. The maximum atomic E-state index is 12.9.